The van der Waals surface area contributed by atoms with Crippen LogP contribution < -0.4 is 0 Å². The first-order valence-corrected chi connectivity index (χ1v) is 5.00. The summed E-state index contributed by atoms with van der Waals surface area (Å²) < 4.78 is 24.6. The summed E-state index contributed by atoms with van der Waals surface area (Å²) >= 11 is 1.87. The summed E-state index contributed by atoms with van der Waals surface area (Å²) in [7, 11) is -3.23. The Bertz CT molecular complexity index is 148. The highest BCUT2D eigenvalue weighted by Crippen LogP contribution is 2.03. The number of halogens is 1. The summed E-state index contributed by atoms with van der Waals surface area (Å²) in [6, 6.07) is 0. The van der Waals surface area contributed by atoms with E-state index in [0.717, 1.165) is 6.26 Å². The van der Waals surface area contributed by atoms with E-state index >= 15 is 0 Å². The van der Waals surface area contributed by atoms with Gasteiger partial charge in [0.15, 0.2) is 0 Å². The third-order valence-corrected chi connectivity index (χ3v) is 1.54. The van der Waals surface area contributed by atoms with E-state index < -0.39 is 10.1 Å². The van der Waals surface area contributed by atoms with Gasteiger partial charge in [-0.25, -0.2) is 0 Å². The number of rotatable bonds is 2. The smallest absolute Gasteiger partial charge is 0.257 e. The average Bonchev–Trinajstić information content (AvgIpc) is 1.21. The summed E-state index contributed by atoms with van der Waals surface area (Å²) in [4.78, 5) is 0. The van der Waals surface area contributed by atoms with Crippen molar-refractivity contribution in [1.82, 2.24) is 0 Å². The van der Waals surface area contributed by atoms with Crippen LogP contribution in [0.2, 0.25) is 0 Å². The summed E-state index contributed by atoms with van der Waals surface area (Å²) in [6.45, 7) is 1.65. The molecule has 0 aromatic rings. The SMILES string of the molecule is CC(I)OS(C)(=O)=O. The lowest BCUT2D eigenvalue weighted by Gasteiger charge is -1.99. The molecule has 3 nitrogen and oxygen atoms in total. The number of hydrogen-bond acceptors (Lipinski definition) is 3. The molecule has 0 aliphatic heterocycles. The largest absolute Gasteiger partial charge is 0.265 e. The van der Waals surface area contributed by atoms with Crippen molar-refractivity contribution in [2.75, 3.05) is 6.26 Å². The van der Waals surface area contributed by atoms with E-state index in [1.165, 1.54) is 0 Å². The molecule has 0 amide bonds. The minimum Gasteiger partial charge on any atom is -0.257 e. The van der Waals surface area contributed by atoms with Gasteiger partial charge in [0, 0.05) is 0 Å². The van der Waals surface area contributed by atoms with Crippen molar-refractivity contribution in [2.45, 2.75) is 11.0 Å². The maximum atomic E-state index is 10.2. The van der Waals surface area contributed by atoms with Crippen molar-refractivity contribution in [1.29, 1.82) is 0 Å². The third-order valence-electron chi connectivity index (χ3n) is 0.307. The van der Waals surface area contributed by atoms with E-state index in [9.17, 15) is 8.42 Å². The fourth-order valence-electron chi connectivity index (χ4n) is 0.241. The van der Waals surface area contributed by atoms with E-state index in [-0.39, 0.29) is 4.11 Å². The fraction of sp³-hybridized carbons (Fsp3) is 1.00. The summed E-state index contributed by atoms with van der Waals surface area (Å²) in [5, 5.41) is 0. The van der Waals surface area contributed by atoms with Gasteiger partial charge >= 0.3 is 0 Å². The van der Waals surface area contributed by atoms with Crippen LogP contribution in [0.3, 0.4) is 0 Å². The molecular formula is C3H7IO3S. The van der Waals surface area contributed by atoms with E-state index in [2.05, 4.69) is 4.18 Å². The van der Waals surface area contributed by atoms with Crippen molar-refractivity contribution in [2.24, 2.45) is 0 Å². The molecule has 50 valence electrons. The van der Waals surface area contributed by atoms with Crippen molar-refractivity contribution in [3.8, 4) is 0 Å². The minimum atomic E-state index is -3.23. The molecule has 0 radical (unpaired) electrons. The molecule has 0 aromatic carbocycles. The van der Waals surface area contributed by atoms with E-state index in [0.29, 0.717) is 0 Å². The fourth-order valence-corrected chi connectivity index (χ4v) is 1.85. The Morgan fingerprint density at radius 2 is 2.00 bits per heavy atom. The van der Waals surface area contributed by atoms with Crippen LogP contribution in [0.25, 0.3) is 0 Å². The molecule has 0 heterocycles. The quantitative estimate of drug-likeness (QED) is 0.412. The highest BCUT2D eigenvalue weighted by atomic mass is 127. The lowest BCUT2D eigenvalue weighted by atomic mass is 10.9. The molecule has 5 heteroatoms. The van der Waals surface area contributed by atoms with Gasteiger partial charge in [-0.3, -0.25) is 4.18 Å². The van der Waals surface area contributed by atoms with Crippen molar-refractivity contribution in [3.63, 3.8) is 0 Å². The van der Waals surface area contributed by atoms with Gasteiger partial charge in [0.05, 0.1) is 6.26 Å². The average molecular weight is 250 g/mol. The molecule has 0 fully saturated rings. The summed E-state index contributed by atoms with van der Waals surface area (Å²) in [5.74, 6) is 0. The molecule has 0 spiro atoms. The molecule has 0 N–H and O–H groups in total. The van der Waals surface area contributed by atoms with Crippen molar-refractivity contribution < 1.29 is 12.6 Å². The van der Waals surface area contributed by atoms with Crippen LogP contribution in [0, 0.1) is 0 Å². The predicted molar refractivity (Wildman–Crippen MR) is 39.4 cm³/mol. The standard InChI is InChI=1S/C3H7IO3S/c1-3(4)7-8(2,5)6/h3H,1-2H3. The molecule has 8 heavy (non-hydrogen) atoms. The van der Waals surface area contributed by atoms with Crippen LogP contribution >= 0.6 is 22.6 Å². The summed E-state index contributed by atoms with van der Waals surface area (Å²) in [5.41, 5.74) is 0. The monoisotopic (exact) mass is 250 g/mol. The molecule has 0 aromatic heterocycles. The molecule has 0 saturated carbocycles. The molecule has 1 atom stereocenters. The zero-order valence-corrected chi connectivity index (χ0v) is 7.56. The van der Waals surface area contributed by atoms with Crippen LogP contribution in [-0.4, -0.2) is 18.8 Å². The van der Waals surface area contributed by atoms with E-state index in [1.807, 2.05) is 22.6 Å². The van der Waals surface area contributed by atoms with Crippen LogP contribution in [0.1, 0.15) is 6.92 Å². The highest BCUT2D eigenvalue weighted by Gasteiger charge is 2.04. The predicted octanol–water partition coefficient (Wildman–Crippen LogP) is 0.744. The van der Waals surface area contributed by atoms with Gasteiger partial charge in [0.25, 0.3) is 10.1 Å². The van der Waals surface area contributed by atoms with Gasteiger partial charge in [-0.1, -0.05) is 0 Å². The Morgan fingerprint density at radius 1 is 1.62 bits per heavy atom. The maximum Gasteiger partial charge on any atom is 0.265 e. The Labute approximate surface area is 62.7 Å². The highest BCUT2D eigenvalue weighted by molar-refractivity contribution is 14.1. The third kappa shape index (κ3) is 6.64. The van der Waals surface area contributed by atoms with Gasteiger partial charge in [-0.15, -0.1) is 0 Å². The molecule has 0 aliphatic rings. The Morgan fingerprint density at radius 3 is 2.00 bits per heavy atom. The maximum absolute atomic E-state index is 10.2. The lowest BCUT2D eigenvalue weighted by molar-refractivity contribution is 0.326. The topological polar surface area (TPSA) is 43.4 Å². The second kappa shape index (κ2) is 2.98. The zero-order chi connectivity index (χ0) is 6.78. The molecule has 0 saturated heterocycles. The normalized spacial score (nSPS) is 15.9. The van der Waals surface area contributed by atoms with Crippen LogP contribution in [0.5, 0.6) is 0 Å². The summed E-state index contributed by atoms with van der Waals surface area (Å²) in [6.07, 6.45) is 1.03. The first kappa shape index (κ1) is 8.64. The van der Waals surface area contributed by atoms with Crippen LogP contribution in [0.4, 0.5) is 0 Å². The van der Waals surface area contributed by atoms with Crippen molar-refractivity contribution >= 4 is 32.7 Å². The second-order valence-corrected chi connectivity index (χ2v) is 4.70. The Hall–Kier alpha value is 0.640. The molecular weight excluding hydrogens is 243 g/mol. The number of hydrogen-bond donors (Lipinski definition) is 0. The molecule has 1 unspecified atom stereocenters. The first-order valence-electron chi connectivity index (χ1n) is 1.94. The van der Waals surface area contributed by atoms with Gasteiger partial charge < -0.3 is 0 Å². The van der Waals surface area contributed by atoms with Crippen LogP contribution in [-0.2, 0) is 14.3 Å². The van der Waals surface area contributed by atoms with Gasteiger partial charge in [0.2, 0.25) is 0 Å². The first-order chi connectivity index (χ1) is 3.42. The zero-order valence-electron chi connectivity index (χ0n) is 4.59. The van der Waals surface area contributed by atoms with E-state index in [1.54, 1.807) is 6.92 Å². The molecule has 0 aliphatic carbocycles. The second-order valence-electron chi connectivity index (χ2n) is 1.34. The van der Waals surface area contributed by atoms with Crippen molar-refractivity contribution in [3.05, 3.63) is 0 Å². The molecule has 0 rings (SSSR count). The van der Waals surface area contributed by atoms with Crippen LogP contribution in [0.15, 0.2) is 0 Å². The lowest BCUT2D eigenvalue weighted by Crippen LogP contribution is -2.06. The Balaban J connectivity index is 3.75. The van der Waals surface area contributed by atoms with E-state index in [4.69, 9.17) is 0 Å². The van der Waals surface area contributed by atoms with Gasteiger partial charge in [-0.2, -0.15) is 8.42 Å². The van der Waals surface area contributed by atoms with Gasteiger partial charge in [-0.05, 0) is 29.5 Å². The minimum absolute atomic E-state index is 0.275. The molecule has 0 bridgehead atoms. The number of alkyl halides is 1. The Kier molecular flexibility index (Phi) is 3.21. The van der Waals surface area contributed by atoms with Gasteiger partial charge in [0.1, 0.15) is 4.11 Å².